The molecule has 0 unspecified atom stereocenters. The Bertz CT molecular complexity index is 2150. The maximum atomic E-state index is 14.5. The summed E-state index contributed by atoms with van der Waals surface area (Å²) in [5, 5.41) is 33.2. The molecule has 0 aliphatic carbocycles. The van der Waals surface area contributed by atoms with E-state index in [1.165, 1.54) is 51.2 Å². The van der Waals surface area contributed by atoms with Gasteiger partial charge < -0.3 is 42.1 Å². The van der Waals surface area contributed by atoms with Crippen molar-refractivity contribution in [1.29, 1.82) is 0 Å². The van der Waals surface area contributed by atoms with Gasteiger partial charge in [-0.05, 0) is 105 Å². The van der Waals surface area contributed by atoms with Crippen molar-refractivity contribution in [2.45, 2.75) is 70.6 Å². The van der Waals surface area contributed by atoms with Gasteiger partial charge in [0.25, 0.3) is 0 Å². The topological polar surface area (TPSA) is 220 Å². The first-order chi connectivity index (χ1) is 28.0. The lowest BCUT2D eigenvalue weighted by Crippen LogP contribution is -2.56. The number of carbonyl (C=O) groups excluding carboxylic acids is 6. The van der Waals surface area contributed by atoms with E-state index in [4.69, 9.17) is 17.3 Å². The van der Waals surface area contributed by atoms with E-state index in [0.29, 0.717) is 30.0 Å². The second-order valence-corrected chi connectivity index (χ2v) is 14.8. The molecule has 0 saturated heterocycles. The Balaban J connectivity index is 1.74. The monoisotopic (exact) mass is 826 g/mol. The number of allylic oxidation sites excluding steroid dienone is 4. The molecule has 4 rings (SSSR count). The minimum atomic E-state index is -1.43. The Morgan fingerprint density at radius 3 is 2.25 bits per heavy atom. The van der Waals surface area contributed by atoms with E-state index in [1.54, 1.807) is 43.4 Å². The maximum absolute atomic E-state index is 14.5. The summed E-state index contributed by atoms with van der Waals surface area (Å²) in [6.45, 7) is 8.24. The number of halogens is 1. The second-order valence-electron chi connectivity index (χ2n) is 14.4. The van der Waals surface area contributed by atoms with E-state index in [1.807, 2.05) is 12.1 Å². The minimum Gasteiger partial charge on any atom is -0.507 e. The predicted octanol–water partition coefficient (Wildman–Crippen LogP) is 4.00. The number of likely N-dealkylation sites (N-methyl/N-ethyl adjacent to an activating group) is 1. The number of phenolic OH excluding ortho intramolecular Hbond substituents is 2. The first-order valence-electron chi connectivity index (χ1n) is 19.1. The third kappa shape index (κ3) is 12.1. The molecule has 0 aromatic heterocycles. The summed E-state index contributed by atoms with van der Waals surface area (Å²) >= 11 is 6.04. The number of carbonyl (C=O) groups is 6. The van der Waals surface area contributed by atoms with Gasteiger partial charge in [0.05, 0.1) is 6.54 Å². The van der Waals surface area contributed by atoms with Crippen molar-refractivity contribution in [2.75, 3.05) is 20.1 Å². The van der Waals surface area contributed by atoms with Crippen LogP contribution in [0.2, 0.25) is 5.02 Å². The third-order valence-corrected chi connectivity index (χ3v) is 10.1. The van der Waals surface area contributed by atoms with Gasteiger partial charge >= 0.3 is 0 Å². The van der Waals surface area contributed by atoms with Gasteiger partial charge in [0.15, 0.2) is 0 Å². The number of fused-ring (bicyclic) bond motifs is 5. The van der Waals surface area contributed by atoms with Crippen LogP contribution < -0.4 is 27.0 Å². The summed E-state index contributed by atoms with van der Waals surface area (Å²) in [4.78, 5) is 81.9. The largest absolute Gasteiger partial charge is 0.507 e. The van der Waals surface area contributed by atoms with Gasteiger partial charge in [-0.2, -0.15) is 0 Å². The van der Waals surface area contributed by atoms with E-state index < -0.39 is 53.7 Å². The van der Waals surface area contributed by atoms with Gasteiger partial charge in [0.1, 0.15) is 41.4 Å². The lowest BCUT2D eigenvalue weighted by atomic mass is 9.93. The van der Waals surface area contributed by atoms with Crippen LogP contribution in [-0.4, -0.2) is 88.7 Å². The van der Waals surface area contributed by atoms with Crippen molar-refractivity contribution in [3.05, 3.63) is 113 Å². The predicted molar refractivity (Wildman–Crippen MR) is 226 cm³/mol. The molecular weight excluding hydrogens is 776 g/mol. The van der Waals surface area contributed by atoms with Gasteiger partial charge in [0, 0.05) is 35.2 Å². The molecule has 0 saturated carbocycles. The van der Waals surface area contributed by atoms with Crippen molar-refractivity contribution >= 4 is 52.5 Å². The zero-order chi connectivity index (χ0) is 43.4. The van der Waals surface area contributed by atoms with E-state index in [-0.39, 0.29) is 58.9 Å². The van der Waals surface area contributed by atoms with E-state index in [9.17, 15) is 39.0 Å². The van der Waals surface area contributed by atoms with Gasteiger partial charge in [0.2, 0.25) is 29.5 Å². The molecule has 0 fully saturated rings. The van der Waals surface area contributed by atoms with Gasteiger partial charge in [-0.3, -0.25) is 28.8 Å². The van der Waals surface area contributed by atoms with Crippen LogP contribution in [0.25, 0.3) is 16.7 Å². The Kier molecular flexibility index (Phi) is 16.1. The molecule has 59 heavy (non-hydrogen) atoms. The molecule has 0 spiro atoms. The second kappa shape index (κ2) is 21.0. The molecule has 1 aliphatic rings. The van der Waals surface area contributed by atoms with Crippen LogP contribution in [0.4, 0.5) is 0 Å². The molecule has 1 heterocycles. The number of amides is 5. The molecule has 1 aliphatic heterocycles. The number of benzene rings is 3. The molecule has 5 amide bonds. The zero-order valence-electron chi connectivity index (χ0n) is 33.5. The van der Waals surface area contributed by atoms with Crippen LogP contribution in [0, 0.1) is 0 Å². The highest BCUT2D eigenvalue weighted by molar-refractivity contribution is 6.30. The molecule has 3 aromatic rings. The van der Waals surface area contributed by atoms with Crippen LogP contribution >= 0.6 is 11.6 Å². The molecule has 4 bridgehead atoms. The third-order valence-electron chi connectivity index (χ3n) is 9.83. The first-order valence-corrected chi connectivity index (χ1v) is 19.5. The number of nitrogens with one attached hydrogen (secondary N) is 4. The Morgan fingerprint density at radius 1 is 0.949 bits per heavy atom. The van der Waals surface area contributed by atoms with Crippen LogP contribution in [0.5, 0.6) is 11.5 Å². The average Bonchev–Trinajstić information content (AvgIpc) is 3.20. The number of nitrogens with two attached hydrogens (primary N) is 1. The van der Waals surface area contributed by atoms with E-state index >= 15 is 0 Å². The molecule has 14 nitrogen and oxygen atoms in total. The fourth-order valence-electron chi connectivity index (χ4n) is 6.46. The normalized spacial score (nSPS) is 17.7. The van der Waals surface area contributed by atoms with E-state index in [0.717, 1.165) is 16.0 Å². The highest BCUT2D eigenvalue weighted by atomic mass is 35.5. The van der Waals surface area contributed by atoms with Crippen LogP contribution in [0.15, 0.2) is 91.0 Å². The molecule has 312 valence electrons. The van der Waals surface area contributed by atoms with Crippen LogP contribution in [0.3, 0.4) is 0 Å². The number of rotatable bonds is 14. The summed E-state index contributed by atoms with van der Waals surface area (Å²) < 4.78 is 0. The van der Waals surface area contributed by atoms with Crippen molar-refractivity contribution < 1.29 is 39.0 Å². The van der Waals surface area contributed by atoms with Crippen LogP contribution in [-0.2, 0) is 35.2 Å². The lowest BCUT2D eigenvalue weighted by molar-refractivity contribution is -0.142. The number of aromatic hydroxyl groups is 2. The number of nitrogens with zero attached hydrogens (tertiary/aromatic N) is 1. The van der Waals surface area contributed by atoms with Crippen molar-refractivity contribution in [3.8, 4) is 22.6 Å². The van der Waals surface area contributed by atoms with Gasteiger partial charge in [-0.1, -0.05) is 60.7 Å². The number of Topliss-reactive ketones (excluding diaryl/α,β-unsaturated/α-hetero) is 1. The van der Waals surface area contributed by atoms with Crippen molar-refractivity contribution in [1.82, 2.24) is 26.2 Å². The fourth-order valence-corrected chi connectivity index (χ4v) is 6.59. The first kappa shape index (κ1) is 45.5. The summed E-state index contributed by atoms with van der Waals surface area (Å²) in [5.74, 6) is -4.14. The van der Waals surface area contributed by atoms with Crippen LogP contribution in [0.1, 0.15) is 62.8 Å². The fraction of sp³-hybridized carbons (Fsp3) is 0.318. The summed E-state index contributed by atoms with van der Waals surface area (Å²) in [7, 11) is 1.39. The molecule has 0 radical (unpaired) electrons. The molecule has 4 atom stereocenters. The standard InChI is InChI=1S/C44H51ClN6O8/c1-6-29(30-13-16-32(45)17-14-30)12-10-25(2)40(55)49-35(9-7-8-20-46)44(59)51(5)39-31-15-19-38(54)34(23-31)33-21-28(11-18-37(33)53)22-36(42(57)47-24-26(3)52)50-41(56)27(4)48-43(39)58/h6,10-19,21,23,27,35-36,39,53-54H,1,7-9,20,22,24,46H2,2-5H3,(H,47,57)(H,48,58)(H,49,55)(H,50,56)/b25-10+,29-12+/t27-,35-,36-,39-/m0/s1. The highest BCUT2D eigenvalue weighted by Gasteiger charge is 2.36. The number of phenols is 2. The molecule has 8 N–H and O–H groups in total. The van der Waals surface area contributed by atoms with Gasteiger partial charge in [-0.25, -0.2) is 0 Å². The van der Waals surface area contributed by atoms with Gasteiger partial charge in [-0.15, -0.1) is 0 Å². The maximum Gasteiger partial charge on any atom is 0.248 e. The number of unbranched alkanes of at least 4 members (excludes halogenated alkanes) is 1. The lowest BCUT2D eigenvalue weighted by Gasteiger charge is -2.32. The number of ketones is 1. The van der Waals surface area contributed by atoms with E-state index in [2.05, 4.69) is 27.8 Å². The summed E-state index contributed by atoms with van der Waals surface area (Å²) in [6, 6.07) is 10.8. The SMILES string of the molecule is C=C/C(=C\C=C(/C)C(=O)N[C@@H](CCCCN)C(=O)N(C)[C@@H]1C(=O)N[C@@H](C)C(=O)N[C@H](C(=O)NCC(C)=O)Cc2ccc(O)c(c2)-c2cc1ccc2O)c1ccc(Cl)cc1. The average molecular weight is 827 g/mol. The Morgan fingerprint density at radius 2 is 1.61 bits per heavy atom. The quantitative estimate of drug-likeness (QED) is 0.0709. The molecule has 15 heteroatoms. The highest BCUT2D eigenvalue weighted by Crippen LogP contribution is 2.39. The van der Waals surface area contributed by atoms with Crippen molar-refractivity contribution in [2.24, 2.45) is 5.73 Å². The zero-order valence-corrected chi connectivity index (χ0v) is 34.3. The molecular formula is C44H51ClN6O8. The van der Waals surface area contributed by atoms with Crippen molar-refractivity contribution in [3.63, 3.8) is 0 Å². The number of hydrogen-bond acceptors (Lipinski definition) is 9. The summed E-state index contributed by atoms with van der Waals surface area (Å²) in [6.07, 6.45) is 6.09. The summed E-state index contributed by atoms with van der Waals surface area (Å²) in [5.41, 5.74) is 8.57. The smallest absolute Gasteiger partial charge is 0.248 e. The molecule has 3 aromatic carbocycles. The Labute approximate surface area is 348 Å². The minimum absolute atomic E-state index is 0.0657. The Hall–Kier alpha value is -6.25. The number of hydrogen-bond donors (Lipinski definition) is 7.